The van der Waals surface area contributed by atoms with Gasteiger partial charge < -0.3 is 43.1 Å². The first-order chi connectivity index (χ1) is 38.4. The van der Waals surface area contributed by atoms with E-state index in [1.807, 2.05) is 103 Å². The molecule has 0 saturated carbocycles. The molecule has 8 aromatic carbocycles. The number of methoxy groups -OCH3 is 3. The van der Waals surface area contributed by atoms with E-state index in [0.717, 1.165) is 98.2 Å². The van der Waals surface area contributed by atoms with Gasteiger partial charge in [0.1, 0.15) is 51.8 Å². The molecule has 78 heavy (non-hydrogen) atoms. The van der Waals surface area contributed by atoms with Gasteiger partial charge in [-0.3, -0.25) is 0 Å². The minimum Gasteiger partial charge on any atom is -0.495 e. The molecule has 19 rings (SSSR count). The number of anilines is 3. The topological polar surface area (TPSA) is 65.1 Å². The van der Waals surface area contributed by atoms with Gasteiger partial charge in [0.15, 0.2) is 0 Å². The summed E-state index contributed by atoms with van der Waals surface area (Å²) >= 11 is 10.6. The highest BCUT2D eigenvalue weighted by atomic mass is 32.2. The molecule has 0 saturated heterocycles. The molecule has 15 heteroatoms. The van der Waals surface area contributed by atoms with Crippen LogP contribution in [-0.2, 0) is 0 Å². The molecule has 10 aliphatic heterocycles. The first kappa shape index (κ1) is 54.7. The monoisotopic (exact) mass is 1140 g/mol. The molecule has 0 aromatic heterocycles. The van der Waals surface area contributed by atoms with E-state index in [4.69, 9.17) is 28.4 Å². The quantitative estimate of drug-likeness (QED) is 0.148. The SMILES string of the molecule is COc1ccccc1N1CSC2=CCC(=C=C2)Oc2ccc(cc2)SCN(c2ccccc2OC)CSc2ccc(cc2)Oc2ccc(cc2)SCN(c2ccccc2OC)CSc2ccc(cc2)Oc2ccc(cc2)SC1. The van der Waals surface area contributed by atoms with E-state index in [9.17, 15) is 0 Å². The van der Waals surface area contributed by atoms with Crippen LogP contribution in [0.5, 0.6) is 46.0 Å². The van der Waals surface area contributed by atoms with Crippen molar-refractivity contribution in [1.29, 1.82) is 0 Å². The lowest BCUT2D eigenvalue weighted by atomic mass is 10.2. The van der Waals surface area contributed by atoms with Gasteiger partial charge in [0.2, 0.25) is 0 Å². The van der Waals surface area contributed by atoms with Crippen molar-refractivity contribution in [3.63, 3.8) is 0 Å². The molecule has 0 fully saturated rings. The van der Waals surface area contributed by atoms with Crippen molar-refractivity contribution < 1.29 is 28.4 Å². The van der Waals surface area contributed by atoms with E-state index in [0.29, 0.717) is 41.7 Å². The van der Waals surface area contributed by atoms with Crippen molar-refractivity contribution in [2.24, 2.45) is 0 Å². The van der Waals surface area contributed by atoms with Crippen LogP contribution >= 0.6 is 70.6 Å². The Morgan fingerprint density at radius 1 is 0.346 bits per heavy atom. The summed E-state index contributed by atoms with van der Waals surface area (Å²) in [5.41, 5.74) is 6.52. The van der Waals surface area contributed by atoms with Gasteiger partial charge in [-0.1, -0.05) is 48.2 Å². The van der Waals surface area contributed by atoms with Crippen LogP contribution in [0.4, 0.5) is 17.1 Å². The van der Waals surface area contributed by atoms with Crippen LogP contribution in [0.2, 0.25) is 0 Å². The maximum atomic E-state index is 6.34. The van der Waals surface area contributed by atoms with E-state index in [1.165, 1.54) is 0 Å². The summed E-state index contributed by atoms with van der Waals surface area (Å²) in [7, 11) is 5.17. The number of para-hydroxylation sites is 6. The number of benzene rings is 8. The number of rotatable bonds is 6. The van der Waals surface area contributed by atoms with Gasteiger partial charge in [0.25, 0.3) is 0 Å². The van der Waals surface area contributed by atoms with Crippen LogP contribution in [0.15, 0.2) is 247 Å². The Balaban J connectivity index is 0.870. The average molecular weight is 1140 g/mol. The van der Waals surface area contributed by atoms with Gasteiger partial charge in [0, 0.05) is 35.8 Å². The second kappa shape index (κ2) is 27.8. The van der Waals surface area contributed by atoms with Gasteiger partial charge in [0.05, 0.1) is 73.7 Å². The predicted molar refractivity (Wildman–Crippen MR) is 330 cm³/mol. The van der Waals surface area contributed by atoms with Gasteiger partial charge in [-0.25, -0.2) is 0 Å². The van der Waals surface area contributed by atoms with Crippen LogP contribution in [0.25, 0.3) is 0 Å². The van der Waals surface area contributed by atoms with E-state index >= 15 is 0 Å². The standard InChI is InChI=1S/C63H57N3O6S6/c1-67-61-13-7-4-10-58(61)64-40-73-52-28-16-46(17-29-52)70-48-20-32-54(33-21-48)75-42-65(59-11-5-8-14-62(59)68-2)44-77-56-36-24-50(25-37-56)72-51-26-38-57(39-27-51)78-45-66(60-12-6-9-15-63(60)69-3)43-76-55-34-22-49(23-35-55)71-47-18-30-53(31-19-47)74-41-64/h4-25,28-39H,26,40-45H2,1-3H3. The predicted octanol–water partition coefficient (Wildman–Crippen LogP) is 17.9. The fourth-order valence-corrected chi connectivity index (χ4v) is 13.7. The van der Waals surface area contributed by atoms with Crippen LogP contribution in [0, 0.1) is 0 Å². The molecule has 0 radical (unpaired) electrons. The fourth-order valence-electron chi connectivity index (χ4n) is 8.19. The Bertz CT molecular complexity index is 3320. The van der Waals surface area contributed by atoms with Gasteiger partial charge >= 0.3 is 0 Å². The Hall–Kier alpha value is -6.68. The minimum atomic E-state index is 0.647. The number of thioether (sulfide) groups is 6. The smallest absolute Gasteiger partial charge is 0.150 e. The van der Waals surface area contributed by atoms with Gasteiger partial charge in [-0.15, -0.1) is 70.6 Å². The number of hydrogen-bond donors (Lipinski definition) is 0. The van der Waals surface area contributed by atoms with Crippen molar-refractivity contribution >= 4 is 87.6 Å². The Labute approximate surface area is 483 Å². The zero-order chi connectivity index (χ0) is 53.3. The molecule has 0 amide bonds. The van der Waals surface area contributed by atoms with Crippen LogP contribution in [0.3, 0.4) is 0 Å². The normalized spacial score (nSPS) is 14.8. The fraction of sp³-hybridized carbons (Fsp3) is 0.159. The van der Waals surface area contributed by atoms with Crippen molar-refractivity contribution in [3.8, 4) is 46.0 Å². The number of hydrogen-bond acceptors (Lipinski definition) is 15. The van der Waals surface area contributed by atoms with Crippen LogP contribution < -0.4 is 43.1 Å². The summed E-state index contributed by atoms with van der Waals surface area (Å²) in [5.74, 6) is 11.4. The molecule has 1 aliphatic carbocycles. The zero-order valence-electron chi connectivity index (χ0n) is 43.3. The third-order valence-electron chi connectivity index (χ3n) is 12.3. The molecule has 10 heterocycles. The minimum absolute atomic E-state index is 0.647. The second-order valence-electron chi connectivity index (χ2n) is 17.5. The summed E-state index contributed by atoms with van der Waals surface area (Å²) in [5, 5.41) is 0. The highest BCUT2D eigenvalue weighted by Gasteiger charge is 2.18. The van der Waals surface area contributed by atoms with Gasteiger partial charge in [-0.2, -0.15) is 0 Å². The first-order valence-electron chi connectivity index (χ1n) is 25.1. The number of allylic oxidation sites excluding steroid dienone is 1. The summed E-state index contributed by atoms with van der Waals surface area (Å²) in [6.45, 7) is 0. The highest BCUT2D eigenvalue weighted by molar-refractivity contribution is 8.03. The molecule has 0 atom stereocenters. The molecular weight excluding hydrogens is 1090 g/mol. The lowest BCUT2D eigenvalue weighted by Gasteiger charge is -2.26. The maximum Gasteiger partial charge on any atom is 0.150 e. The largest absolute Gasteiger partial charge is 0.495 e. The highest BCUT2D eigenvalue weighted by Crippen LogP contribution is 2.39. The van der Waals surface area contributed by atoms with Crippen molar-refractivity contribution in [2.45, 2.75) is 30.9 Å². The third kappa shape index (κ3) is 15.1. The summed E-state index contributed by atoms with van der Waals surface area (Å²) in [6, 6.07) is 66.0. The number of nitrogens with zero attached hydrogens (tertiary/aromatic N) is 3. The Morgan fingerprint density at radius 3 is 0.910 bits per heavy atom. The van der Waals surface area contributed by atoms with Crippen molar-refractivity contribution in [2.75, 3.05) is 71.3 Å². The van der Waals surface area contributed by atoms with Crippen molar-refractivity contribution in [3.05, 3.63) is 223 Å². The van der Waals surface area contributed by atoms with E-state index < -0.39 is 0 Å². The molecule has 9 nitrogen and oxygen atoms in total. The molecule has 0 N–H and O–H groups in total. The lowest BCUT2D eigenvalue weighted by molar-refractivity contribution is 0.415. The molecule has 0 spiro atoms. The second-order valence-corrected chi connectivity index (χ2v) is 23.6. The molecule has 0 unspecified atom stereocenters. The molecule has 12 bridgehead atoms. The molecule has 11 aliphatic rings. The lowest BCUT2D eigenvalue weighted by Crippen LogP contribution is -2.22. The average Bonchev–Trinajstić information content (AvgIpc) is 3.50. The van der Waals surface area contributed by atoms with Gasteiger partial charge in [-0.05, 0) is 164 Å². The Morgan fingerprint density at radius 2 is 0.628 bits per heavy atom. The molecule has 396 valence electrons. The van der Waals surface area contributed by atoms with Crippen molar-refractivity contribution in [1.82, 2.24) is 0 Å². The Kier molecular flexibility index (Phi) is 19.5. The van der Waals surface area contributed by atoms with E-state index in [-0.39, 0.29) is 0 Å². The number of ether oxygens (including phenoxy) is 6. The molecule has 8 aromatic rings. The summed E-state index contributed by atoms with van der Waals surface area (Å²) in [6.07, 6.45) is 4.88. The van der Waals surface area contributed by atoms with Crippen LogP contribution in [-0.4, -0.2) is 56.6 Å². The first-order valence-corrected chi connectivity index (χ1v) is 31.0. The van der Waals surface area contributed by atoms with Crippen LogP contribution in [0.1, 0.15) is 6.42 Å². The maximum absolute atomic E-state index is 6.34. The summed E-state index contributed by atoms with van der Waals surface area (Å²) in [4.78, 5) is 13.8. The molecular formula is C63H57N3O6S6. The summed E-state index contributed by atoms with van der Waals surface area (Å²) < 4.78 is 36.5. The van der Waals surface area contributed by atoms with E-state index in [2.05, 4.69) is 124 Å². The zero-order valence-corrected chi connectivity index (χ0v) is 48.2. The van der Waals surface area contributed by atoms with E-state index in [1.54, 1.807) is 91.9 Å². The third-order valence-corrected chi connectivity index (χ3v) is 18.6.